The monoisotopic (exact) mass is 359 g/mol. The predicted octanol–water partition coefficient (Wildman–Crippen LogP) is 3.11. The number of rotatable bonds is 5. The van der Waals surface area contributed by atoms with Crippen LogP contribution in [0.4, 0.5) is 0 Å². The first-order valence-corrected chi connectivity index (χ1v) is 9.31. The summed E-state index contributed by atoms with van der Waals surface area (Å²) in [6.07, 6.45) is 0.889. The van der Waals surface area contributed by atoms with Gasteiger partial charge in [0.15, 0.2) is 5.82 Å². The van der Waals surface area contributed by atoms with Gasteiger partial charge in [0.05, 0.1) is 16.4 Å². The molecule has 25 heavy (non-hydrogen) atoms. The molecule has 5 nitrogen and oxygen atoms in total. The van der Waals surface area contributed by atoms with E-state index in [9.17, 15) is 0 Å². The number of likely N-dealkylation sites (N-methyl/N-ethyl adjacent to an activating group) is 1. The van der Waals surface area contributed by atoms with Crippen molar-refractivity contribution in [2.45, 2.75) is 26.2 Å². The largest absolute Gasteiger partial charge is 0.304 e. The van der Waals surface area contributed by atoms with E-state index in [0.717, 1.165) is 56.1 Å². The highest BCUT2D eigenvalue weighted by molar-refractivity contribution is 6.33. The molecule has 1 aromatic heterocycles. The maximum Gasteiger partial charge on any atom is 0.183 e. The lowest BCUT2D eigenvalue weighted by atomic mass is 10.1. The highest BCUT2D eigenvalue weighted by Crippen LogP contribution is 2.26. The Hall–Kier alpha value is -1.56. The number of benzene rings is 1. The Morgan fingerprint density at radius 3 is 2.48 bits per heavy atom. The summed E-state index contributed by atoms with van der Waals surface area (Å²) in [6, 6.07) is 7.65. The van der Waals surface area contributed by atoms with E-state index >= 15 is 0 Å². The van der Waals surface area contributed by atoms with Crippen molar-refractivity contribution in [3.05, 3.63) is 40.7 Å². The number of aromatic nitrogens is 3. The lowest BCUT2D eigenvalue weighted by Gasteiger charge is -2.32. The number of halogens is 1. The molecule has 0 N–H and O–H groups in total. The van der Waals surface area contributed by atoms with Gasteiger partial charge in [-0.15, -0.1) is 5.10 Å². The van der Waals surface area contributed by atoms with Gasteiger partial charge in [-0.05, 0) is 25.1 Å². The summed E-state index contributed by atoms with van der Waals surface area (Å²) in [4.78, 5) is 9.66. The maximum atomic E-state index is 6.29. The Labute approximate surface area is 155 Å². The quantitative estimate of drug-likeness (QED) is 0.820. The molecule has 1 saturated heterocycles. The summed E-state index contributed by atoms with van der Waals surface area (Å²) in [5.41, 5.74) is 2.87. The van der Waals surface area contributed by atoms with Crippen molar-refractivity contribution in [3.8, 4) is 11.4 Å². The predicted molar refractivity (Wildman–Crippen MR) is 102 cm³/mol. The summed E-state index contributed by atoms with van der Waals surface area (Å²) in [5, 5.41) is 9.52. The topological polar surface area (TPSA) is 45.2 Å². The molecule has 0 unspecified atom stereocenters. The van der Waals surface area contributed by atoms with Crippen LogP contribution in [0.1, 0.15) is 31.2 Å². The van der Waals surface area contributed by atoms with E-state index in [1.807, 2.05) is 24.3 Å². The van der Waals surface area contributed by atoms with E-state index in [1.165, 1.54) is 0 Å². The van der Waals surface area contributed by atoms with Gasteiger partial charge in [-0.2, -0.15) is 5.10 Å². The van der Waals surface area contributed by atoms with E-state index in [2.05, 4.69) is 40.9 Å². The Morgan fingerprint density at radius 1 is 1.08 bits per heavy atom. The van der Waals surface area contributed by atoms with Crippen LogP contribution in [-0.4, -0.2) is 64.8 Å². The molecule has 3 rings (SSSR count). The van der Waals surface area contributed by atoms with Gasteiger partial charge in [0, 0.05) is 44.7 Å². The second-order valence-electron chi connectivity index (χ2n) is 7.00. The fraction of sp³-hybridized carbons (Fsp3) is 0.526. The van der Waals surface area contributed by atoms with Gasteiger partial charge in [-0.25, -0.2) is 4.98 Å². The molecule has 1 fully saturated rings. The van der Waals surface area contributed by atoms with Gasteiger partial charge in [0.25, 0.3) is 0 Å². The molecule has 1 aliphatic heterocycles. The van der Waals surface area contributed by atoms with E-state index in [1.54, 1.807) is 0 Å². The molecule has 0 atom stereocenters. The van der Waals surface area contributed by atoms with Gasteiger partial charge in [0.2, 0.25) is 0 Å². The molecule has 134 valence electrons. The van der Waals surface area contributed by atoms with E-state index < -0.39 is 0 Å². The smallest absolute Gasteiger partial charge is 0.183 e. The minimum atomic E-state index is 0.305. The third-order valence-corrected chi connectivity index (χ3v) is 5.04. The Morgan fingerprint density at radius 2 is 1.80 bits per heavy atom. The number of hydrogen-bond acceptors (Lipinski definition) is 5. The van der Waals surface area contributed by atoms with Gasteiger partial charge < -0.3 is 9.80 Å². The Kier molecular flexibility index (Phi) is 5.99. The van der Waals surface area contributed by atoms with Crippen molar-refractivity contribution < 1.29 is 0 Å². The van der Waals surface area contributed by atoms with Crippen LogP contribution in [0.2, 0.25) is 5.02 Å². The van der Waals surface area contributed by atoms with E-state index in [-0.39, 0.29) is 0 Å². The minimum absolute atomic E-state index is 0.305. The Bertz CT molecular complexity index is 711. The fourth-order valence-corrected chi connectivity index (χ4v) is 3.31. The van der Waals surface area contributed by atoms with Crippen LogP contribution in [-0.2, 0) is 6.42 Å². The summed E-state index contributed by atoms with van der Waals surface area (Å²) in [7, 11) is 2.18. The third kappa shape index (κ3) is 4.54. The first-order valence-electron chi connectivity index (χ1n) is 8.94. The summed E-state index contributed by atoms with van der Waals surface area (Å²) >= 11 is 6.29. The van der Waals surface area contributed by atoms with Crippen LogP contribution < -0.4 is 0 Å². The van der Waals surface area contributed by atoms with E-state index in [0.29, 0.717) is 16.8 Å². The average molecular weight is 360 g/mol. The van der Waals surface area contributed by atoms with Gasteiger partial charge in [0.1, 0.15) is 0 Å². The molecule has 0 radical (unpaired) electrons. The van der Waals surface area contributed by atoms with Crippen molar-refractivity contribution in [2.75, 3.05) is 39.8 Å². The normalized spacial score (nSPS) is 16.5. The summed E-state index contributed by atoms with van der Waals surface area (Å²) in [6.45, 7) is 9.81. The second-order valence-corrected chi connectivity index (χ2v) is 7.40. The van der Waals surface area contributed by atoms with Crippen LogP contribution in [0, 0.1) is 0 Å². The third-order valence-electron chi connectivity index (χ3n) is 4.71. The first-order chi connectivity index (χ1) is 12.0. The average Bonchev–Trinajstić information content (AvgIpc) is 2.61. The lowest BCUT2D eigenvalue weighted by molar-refractivity contribution is 0.155. The van der Waals surface area contributed by atoms with Crippen LogP contribution in [0.5, 0.6) is 0 Å². The molecule has 0 saturated carbocycles. The van der Waals surface area contributed by atoms with Crippen molar-refractivity contribution in [2.24, 2.45) is 0 Å². The number of hydrogen-bond donors (Lipinski definition) is 0. The SMILES string of the molecule is CC(C)c1nc(-c2ccccc2Cl)nnc1CCN1CCN(C)CC1. The summed E-state index contributed by atoms with van der Waals surface area (Å²) in [5.74, 6) is 0.914. The second kappa shape index (κ2) is 8.21. The minimum Gasteiger partial charge on any atom is -0.304 e. The molecular formula is C19H26ClN5. The zero-order valence-electron chi connectivity index (χ0n) is 15.2. The van der Waals surface area contributed by atoms with Gasteiger partial charge >= 0.3 is 0 Å². The number of nitrogens with zero attached hydrogens (tertiary/aromatic N) is 5. The first kappa shape index (κ1) is 18.2. The molecule has 1 aromatic carbocycles. The zero-order chi connectivity index (χ0) is 17.8. The lowest BCUT2D eigenvalue weighted by Crippen LogP contribution is -2.45. The molecule has 6 heteroatoms. The molecule has 0 aliphatic carbocycles. The van der Waals surface area contributed by atoms with Gasteiger partial charge in [-0.1, -0.05) is 37.6 Å². The van der Waals surface area contributed by atoms with Crippen molar-refractivity contribution in [3.63, 3.8) is 0 Å². The molecule has 2 heterocycles. The van der Waals surface area contributed by atoms with Crippen LogP contribution in [0.3, 0.4) is 0 Å². The van der Waals surface area contributed by atoms with Crippen LogP contribution in [0.15, 0.2) is 24.3 Å². The molecule has 0 amide bonds. The standard InChI is InChI=1S/C19H26ClN5/c1-14(2)18-17(8-9-25-12-10-24(3)11-13-25)22-23-19(21-18)15-6-4-5-7-16(15)20/h4-7,14H,8-13H2,1-3H3. The molecular weight excluding hydrogens is 334 g/mol. The van der Waals surface area contributed by atoms with Crippen molar-refractivity contribution in [1.82, 2.24) is 25.0 Å². The van der Waals surface area contributed by atoms with Crippen LogP contribution in [0.25, 0.3) is 11.4 Å². The molecule has 1 aliphatic rings. The summed E-state index contributed by atoms with van der Waals surface area (Å²) < 4.78 is 0. The van der Waals surface area contributed by atoms with Crippen molar-refractivity contribution >= 4 is 11.6 Å². The fourth-order valence-electron chi connectivity index (χ4n) is 3.09. The zero-order valence-corrected chi connectivity index (χ0v) is 16.0. The molecule has 0 spiro atoms. The Balaban J connectivity index is 1.77. The highest BCUT2D eigenvalue weighted by Gasteiger charge is 2.18. The molecule has 2 aromatic rings. The van der Waals surface area contributed by atoms with E-state index in [4.69, 9.17) is 16.6 Å². The van der Waals surface area contributed by atoms with Gasteiger partial charge in [-0.3, -0.25) is 0 Å². The molecule has 0 bridgehead atoms. The highest BCUT2D eigenvalue weighted by atomic mass is 35.5. The number of piperazine rings is 1. The van der Waals surface area contributed by atoms with Crippen LogP contribution >= 0.6 is 11.6 Å². The maximum absolute atomic E-state index is 6.29. The van der Waals surface area contributed by atoms with Crippen molar-refractivity contribution in [1.29, 1.82) is 0 Å².